The van der Waals surface area contributed by atoms with Gasteiger partial charge >= 0.3 is 0 Å². The second-order valence-corrected chi connectivity index (χ2v) is 10.5. The van der Waals surface area contributed by atoms with Crippen LogP contribution in [0.2, 0.25) is 0 Å². The molecule has 2 N–H and O–H groups in total. The van der Waals surface area contributed by atoms with Crippen molar-refractivity contribution in [2.75, 3.05) is 32.1 Å². The molecule has 0 unspecified atom stereocenters. The molecule has 152 valence electrons. The van der Waals surface area contributed by atoms with E-state index in [0.29, 0.717) is 11.6 Å². The maximum absolute atomic E-state index is 12.0. The number of hydrogen-bond donors (Lipinski definition) is 1. The number of benzene rings is 1. The number of nitrogens with zero attached hydrogens (tertiary/aromatic N) is 4. The van der Waals surface area contributed by atoms with Crippen LogP contribution in [0.4, 0.5) is 5.95 Å². The van der Waals surface area contributed by atoms with Crippen molar-refractivity contribution >= 4 is 27.1 Å². The fourth-order valence-corrected chi connectivity index (χ4v) is 5.40. The number of sulfone groups is 1. The number of nitrogen functional groups attached to an aromatic ring is 1. The highest BCUT2D eigenvalue weighted by atomic mass is 32.2. The molecule has 4 rings (SSSR count). The van der Waals surface area contributed by atoms with Gasteiger partial charge in [-0.25, -0.2) is 23.4 Å². The minimum atomic E-state index is -3.31. The van der Waals surface area contributed by atoms with Gasteiger partial charge in [-0.3, -0.25) is 0 Å². The van der Waals surface area contributed by atoms with Crippen molar-refractivity contribution in [3.63, 3.8) is 0 Å². The molecule has 7 nitrogen and oxygen atoms in total. The molecule has 1 saturated heterocycles. The summed E-state index contributed by atoms with van der Waals surface area (Å²) in [4.78, 5) is 16.8. The van der Waals surface area contributed by atoms with Gasteiger partial charge in [0.15, 0.2) is 9.84 Å². The van der Waals surface area contributed by atoms with Gasteiger partial charge in [0.2, 0.25) is 5.95 Å². The van der Waals surface area contributed by atoms with Crippen LogP contribution >= 0.6 is 11.3 Å². The second kappa shape index (κ2) is 7.81. The van der Waals surface area contributed by atoms with Crippen LogP contribution in [0.1, 0.15) is 23.8 Å². The molecular weight excluding hydrogens is 406 g/mol. The van der Waals surface area contributed by atoms with Crippen LogP contribution in [-0.2, 0) is 9.84 Å². The Morgan fingerprint density at radius 3 is 2.62 bits per heavy atom. The predicted molar refractivity (Wildman–Crippen MR) is 116 cm³/mol. The third kappa shape index (κ3) is 4.31. The maximum atomic E-state index is 12.0. The van der Waals surface area contributed by atoms with Crippen molar-refractivity contribution in [2.24, 2.45) is 0 Å². The van der Waals surface area contributed by atoms with Crippen LogP contribution in [0, 0.1) is 0 Å². The molecule has 3 heterocycles. The average Bonchev–Trinajstić information content (AvgIpc) is 3.13. The number of aromatic nitrogens is 3. The maximum Gasteiger partial charge on any atom is 0.220 e. The number of rotatable bonds is 4. The number of hydrogen-bond acceptors (Lipinski definition) is 8. The van der Waals surface area contributed by atoms with Crippen molar-refractivity contribution in [2.45, 2.75) is 23.7 Å². The van der Waals surface area contributed by atoms with Crippen molar-refractivity contribution in [1.82, 2.24) is 19.9 Å². The van der Waals surface area contributed by atoms with Gasteiger partial charge in [0, 0.05) is 23.9 Å². The molecule has 1 fully saturated rings. The molecular formula is C20H23N5O2S2. The summed E-state index contributed by atoms with van der Waals surface area (Å²) in [6.07, 6.45) is 4.95. The zero-order valence-electron chi connectivity index (χ0n) is 16.4. The number of nitrogens with two attached hydrogens (primary N) is 1. The molecule has 2 aromatic heterocycles. The first-order valence-electron chi connectivity index (χ1n) is 9.40. The predicted octanol–water partition coefficient (Wildman–Crippen LogP) is 3.06. The van der Waals surface area contributed by atoms with Gasteiger partial charge in [0.05, 0.1) is 26.2 Å². The molecule has 1 aliphatic rings. The van der Waals surface area contributed by atoms with Crippen molar-refractivity contribution in [3.8, 4) is 21.8 Å². The molecule has 0 aliphatic carbocycles. The molecule has 0 saturated carbocycles. The highest BCUT2D eigenvalue weighted by molar-refractivity contribution is 7.90. The highest BCUT2D eigenvalue weighted by Crippen LogP contribution is 2.41. The third-order valence-electron chi connectivity index (χ3n) is 5.15. The minimum Gasteiger partial charge on any atom is -0.368 e. The molecule has 3 aromatic rings. The summed E-state index contributed by atoms with van der Waals surface area (Å²) >= 11 is 1.61. The Bertz CT molecular complexity index is 1140. The summed E-state index contributed by atoms with van der Waals surface area (Å²) < 4.78 is 24.1. The highest BCUT2D eigenvalue weighted by Gasteiger charge is 2.25. The lowest BCUT2D eigenvalue weighted by Gasteiger charge is -2.27. The van der Waals surface area contributed by atoms with E-state index in [9.17, 15) is 8.42 Å². The standard InChI is InChI=1S/C20H23N5O2S2/c1-25-10-7-13(8-11-25)19-24-17(14-4-3-5-15(12-14)29(2,26)27)18(28-19)16-6-9-22-20(21)23-16/h3-6,9,12-13H,7-8,10-11H2,1-2H3,(H2,21,22,23). The fourth-order valence-electron chi connectivity index (χ4n) is 3.51. The Hall–Kier alpha value is -2.36. The first-order valence-corrected chi connectivity index (χ1v) is 12.1. The Morgan fingerprint density at radius 1 is 1.17 bits per heavy atom. The quantitative estimate of drug-likeness (QED) is 0.680. The second-order valence-electron chi connectivity index (χ2n) is 7.41. The molecule has 0 atom stereocenters. The van der Waals surface area contributed by atoms with Gasteiger partial charge in [-0.2, -0.15) is 0 Å². The normalized spacial score (nSPS) is 16.2. The van der Waals surface area contributed by atoms with Crippen LogP contribution in [0.5, 0.6) is 0 Å². The van der Waals surface area contributed by atoms with E-state index in [1.165, 1.54) is 6.26 Å². The minimum absolute atomic E-state index is 0.201. The van der Waals surface area contributed by atoms with E-state index in [0.717, 1.165) is 47.1 Å². The third-order valence-corrected chi connectivity index (χ3v) is 7.50. The fraction of sp³-hybridized carbons (Fsp3) is 0.350. The monoisotopic (exact) mass is 429 g/mol. The Labute approximate surface area is 174 Å². The lowest BCUT2D eigenvalue weighted by atomic mass is 9.98. The summed E-state index contributed by atoms with van der Waals surface area (Å²) in [7, 11) is -1.18. The molecule has 0 radical (unpaired) electrons. The first kappa shape index (κ1) is 19.9. The van der Waals surface area contributed by atoms with Crippen molar-refractivity contribution < 1.29 is 8.42 Å². The largest absolute Gasteiger partial charge is 0.368 e. The molecule has 0 spiro atoms. The van der Waals surface area contributed by atoms with E-state index in [1.807, 2.05) is 12.1 Å². The van der Waals surface area contributed by atoms with Crippen molar-refractivity contribution in [1.29, 1.82) is 0 Å². The number of likely N-dealkylation sites (tertiary alicyclic amines) is 1. The van der Waals surface area contributed by atoms with E-state index in [4.69, 9.17) is 10.7 Å². The molecule has 0 bridgehead atoms. The summed E-state index contributed by atoms with van der Waals surface area (Å²) in [6, 6.07) is 8.73. The Morgan fingerprint density at radius 2 is 1.93 bits per heavy atom. The Kier molecular flexibility index (Phi) is 5.37. The molecule has 1 aromatic carbocycles. The first-order chi connectivity index (χ1) is 13.8. The summed E-state index contributed by atoms with van der Waals surface area (Å²) in [5.41, 5.74) is 8.01. The zero-order chi connectivity index (χ0) is 20.6. The number of piperidine rings is 1. The van der Waals surface area contributed by atoms with Gasteiger partial charge in [-0.05, 0) is 51.2 Å². The number of anilines is 1. The van der Waals surface area contributed by atoms with Gasteiger partial charge in [-0.15, -0.1) is 11.3 Å². The lowest BCUT2D eigenvalue weighted by molar-refractivity contribution is 0.255. The SMILES string of the molecule is CN1CCC(c2nc(-c3cccc(S(C)(=O)=O)c3)c(-c3ccnc(N)n3)s2)CC1. The van der Waals surface area contributed by atoms with E-state index < -0.39 is 9.84 Å². The van der Waals surface area contributed by atoms with Crippen LogP contribution in [0.3, 0.4) is 0 Å². The van der Waals surface area contributed by atoms with E-state index in [1.54, 1.807) is 35.7 Å². The summed E-state index contributed by atoms with van der Waals surface area (Å²) in [6.45, 7) is 2.08. The van der Waals surface area contributed by atoms with Crippen LogP contribution in [-0.4, -0.2) is 54.7 Å². The zero-order valence-corrected chi connectivity index (χ0v) is 18.0. The summed E-state index contributed by atoms with van der Waals surface area (Å²) in [5.74, 6) is 0.591. The van der Waals surface area contributed by atoms with Crippen molar-refractivity contribution in [3.05, 3.63) is 41.5 Å². The average molecular weight is 430 g/mol. The molecule has 0 amide bonds. The molecule has 29 heavy (non-hydrogen) atoms. The lowest BCUT2D eigenvalue weighted by Crippen LogP contribution is -2.29. The van der Waals surface area contributed by atoms with Crippen LogP contribution in [0.25, 0.3) is 21.8 Å². The van der Waals surface area contributed by atoms with E-state index in [-0.39, 0.29) is 10.8 Å². The smallest absolute Gasteiger partial charge is 0.220 e. The van der Waals surface area contributed by atoms with E-state index in [2.05, 4.69) is 21.9 Å². The number of thiazole rings is 1. The molecule has 9 heteroatoms. The molecule has 1 aliphatic heterocycles. The van der Waals surface area contributed by atoms with Crippen LogP contribution in [0.15, 0.2) is 41.4 Å². The topological polar surface area (TPSA) is 102 Å². The van der Waals surface area contributed by atoms with E-state index >= 15 is 0 Å². The van der Waals surface area contributed by atoms with Gasteiger partial charge < -0.3 is 10.6 Å². The Balaban J connectivity index is 1.83. The van der Waals surface area contributed by atoms with Gasteiger partial charge in [0.1, 0.15) is 0 Å². The van der Waals surface area contributed by atoms with Gasteiger partial charge in [0.25, 0.3) is 0 Å². The van der Waals surface area contributed by atoms with Crippen LogP contribution < -0.4 is 5.73 Å². The van der Waals surface area contributed by atoms with Gasteiger partial charge in [-0.1, -0.05) is 12.1 Å². The summed E-state index contributed by atoms with van der Waals surface area (Å²) in [5, 5.41) is 1.06.